The van der Waals surface area contributed by atoms with Crippen LogP contribution in [0, 0.1) is 0 Å². The number of nitrogens with one attached hydrogen (secondary N) is 2. The van der Waals surface area contributed by atoms with Crippen molar-refractivity contribution in [2.24, 2.45) is 0 Å². The van der Waals surface area contributed by atoms with Crippen molar-refractivity contribution < 1.29 is 17.7 Å². The summed E-state index contributed by atoms with van der Waals surface area (Å²) in [5, 5.41) is 5.40. The maximum absolute atomic E-state index is 12.7. The first kappa shape index (κ1) is 23.6. The third kappa shape index (κ3) is 5.23. The van der Waals surface area contributed by atoms with Gasteiger partial charge >= 0.3 is 0 Å². The Kier molecular flexibility index (Phi) is 6.80. The standard InChI is InChI=1S/C20H25N6O4PS/c1-13(2)32(28,29)15-9-7-6-8-14(15)23-16-10-11-21-20(24-16)26-18-19(30-3)25-17(12-22-18)31(4,5)27/h6-13H,1-5H3,(H2,21,22,23,24,26). The number of nitrogens with zero attached hydrogens (tertiary/aromatic N) is 4. The molecule has 2 aromatic heterocycles. The summed E-state index contributed by atoms with van der Waals surface area (Å²) in [6, 6.07) is 8.25. The molecule has 170 valence electrons. The van der Waals surface area contributed by atoms with Gasteiger partial charge < -0.3 is 19.9 Å². The number of benzene rings is 1. The van der Waals surface area contributed by atoms with E-state index in [0.29, 0.717) is 16.9 Å². The van der Waals surface area contributed by atoms with E-state index in [1.165, 1.54) is 19.5 Å². The van der Waals surface area contributed by atoms with Gasteiger partial charge in [-0.3, -0.25) is 0 Å². The number of rotatable bonds is 8. The second-order valence-electron chi connectivity index (χ2n) is 7.54. The van der Waals surface area contributed by atoms with E-state index in [1.54, 1.807) is 57.5 Å². The van der Waals surface area contributed by atoms with Crippen LogP contribution in [0.5, 0.6) is 5.88 Å². The van der Waals surface area contributed by atoms with Crippen molar-refractivity contribution in [3.05, 3.63) is 42.7 Å². The second kappa shape index (κ2) is 9.22. The normalized spacial score (nSPS) is 11.9. The van der Waals surface area contributed by atoms with Gasteiger partial charge in [0, 0.05) is 6.20 Å². The van der Waals surface area contributed by atoms with Crippen molar-refractivity contribution in [1.82, 2.24) is 19.9 Å². The van der Waals surface area contributed by atoms with Crippen molar-refractivity contribution >= 4 is 45.7 Å². The van der Waals surface area contributed by atoms with Crippen LogP contribution < -0.4 is 20.8 Å². The zero-order valence-electron chi connectivity index (χ0n) is 18.4. The fourth-order valence-corrected chi connectivity index (χ4v) is 4.52. The molecule has 0 saturated carbocycles. The lowest BCUT2D eigenvalue weighted by atomic mass is 10.3. The Morgan fingerprint density at radius 2 is 1.75 bits per heavy atom. The number of methoxy groups -OCH3 is 1. The van der Waals surface area contributed by atoms with Gasteiger partial charge in [0.05, 0.1) is 29.1 Å². The molecule has 1 aromatic carbocycles. The van der Waals surface area contributed by atoms with Gasteiger partial charge in [0.2, 0.25) is 5.95 Å². The molecule has 2 heterocycles. The van der Waals surface area contributed by atoms with E-state index < -0.39 is 22.2 Å². The van der Waals surface area contributed by atoms with Crippen LogP contribution in [-0.2, 0) is 14.4 Å². The van der Waals surface area contributed by atoms with E-state index in [0.717, 1.165) is 0 Å². The van der Waals surface area contributed by atoms with E-state index in [4.69, 9.17) is 4.74 Å². The molecule has 0 aliphatic heterocycles. The van der Waals surface area contributed by atoms with E-state index in [2.05, 4.69) is 30.6 Å². The summed E-state index contributed by atoms with van der Waals surface area (Å²) in [4.78, 5) is 17.2. The van der Waals surface area contributed by atoms with Crippen molar-refractivity contribution in [1.29, 1.82) is 0 Å². The fraction of sp³-hybridized carbons (Fsp3) is 0.300. The summed E-state index contributed by atoms with van der Waals surface area (Å²) >= 11 is 0. The van der Waals surface area contributed by atoms with Gasteiger partial charge in [0.15, 0.2) is 15.7 Å². The zero-order valence-corrected chi connectivity index (χ0v) is 20.1. The molecule has 2 N–H and O–H groups in total. The van der Waals surface area contributed by atoms with Gasteiger partial charge in [-0.2, -0.15) is 4.98 Å². The van der Waals surface area contributed by atoms with E-state index in [1.807, 2.05) is 0 Å². The first-order valence-corrected chi connectivity index (χ1v) is 13.8. The Labute approximate surface area is 187 Å². The lowest BCUT2D eigenvalue weighted by molar-refractivity contribution is 0.399. The van der Waals surface area contributed by atoms with Gasteiger partial charge in [-0.15, -0.1) is 0 Å². The lowest BCUT2D eigenvalue weighted by Gasteiger charge is -2.15. The van der Waals surface area contributed by atoms with E-state index >= 15 is 0 Å². The van der Waals surface area contributed by atoms with Crippen molar-refractivity contribution in [2.75, 3.05) is 31.1 Å². The van der Waals surface area contributed by atoms with Crippen LogP contribution in [0.1, 0.15) is 13.8 Å². The lowest BCUT2D eigenvalue weighted by Crippen LogP contribution is -2.15. The number of ether oxygens (including phenoxy) is 1. The van der Waals surface area contributed by atoms with Gasteiger partial charge in [-0.1, -0.05) is 12.1 Å². The molecule has 0 aliphatic rings. The van der Waals surface area contributed by atoms with Crippen molar-refractivity contribution in [3.63, 3.8) is 0 Å². The summed E-state index contributed by atoms with van der Waals surface area (Å²) in [5.41, 5.74) is 0.758. The molecule has 0 amide bonds. The molecule has 0 saturated heterocycles. The highest BCUT2D eigenvalue weighted by Gasteiger charge is 2.23. The van der Waals surface area contributed by atoms with Crippen LogP contribution in [0.15, 0.2) is 47.6 Å². The van der Waals surface area contributed by atoms with Gasteiger partial charge in [-0.25, -0.2) is 23.4 Å². The molecule has 0 radical (unpaired) electrons. The highest BCUT2D eigenvalue weighted by atomic mass is 32.2. The third-order valence-corrected chi connectivity index (χ3v) is 7.96. The average Bonchev–Trinajstić information content (AvgIpc) is 2.73. The summed E-state index contributed by atoms with van der Waals surface area (Å²) in [6.07, 6.45) is 2.93. The second-order valence-corrected chi connectivity index (χ2v) is 13.2. The SMILES string of the molecule is COc1nc(P(C)(C)=O)cnc1Nc1nccc(Nc2ccccc2S(=O)(=O)C(C)C)n1. The van der Waals surface area contributed by atoms with E-state index in [9.17, 15) is 13.0 Å². The first-order valence-electron chi connectivity index (χ1n) is 9.69. The van der Waals surface area contributed by atoms with Gasteiger partial charge in [0.25, 0.3) is 5.88 Å². The minimum atomic E-state index is -3.49. The molecule has 0 fully saturated rings. The predicted octanol–water partition coefficient (Wildman–Crippen LogP) is 3.19. The molecular formula is C20H25N6O4PS. The van der Waals surface area contributed by atoms with Gasteiger partial charge in [-0.05, 0) is 45.4 Å². The third-order valence-electron chi connectivity index (χ3n) is 4.44. The highest BCUT2D eigenvalue weighted by Crippen LogP contribution is 2.35. The molecule has 0 spiro atoms. The van der Waals surface area contributed by atoms with Crippen LogP contribution in [0.25, 0.3) is 0 Å². The Morgan fingerprint density at radius 1 is 1.03 bits per heavy atom. The topological polar surface area (TPSA) is 136 Å². The average molecular weight is 476 g/mol. The highest BCUT2D eigenvalue weighted by molar-refractivity contribution is 7.92. The Hall–Kier alpha value is -3.04. The first-order chi connectivity index (χ1) is 15.0. The number of aromatic nitrogens is 4. The van der Waals surface area contributed by atoms with Crippen LogP contribution >= 0.6 is 7.14 Å². The molecule has 12 heteroatoms. The fourth-order valence-electron chi connectivity index (χ4n) is 2.66. The van der Waals surface area contributed by atoms with Crippen LogP contribution in [0.4, 0.5) is 23.3 Å². The van der Waals surface area contributed by atoms with Crippen molar-refractivity contribution in [3.8, 4) is 5.88 Å². The smallest absolute Gasteiger partial charge is 0.258 e. The molecule has 0 aliphatic carbocycles. The molecular weight excluding hydrogens is 451 g/mol. The zero-order chi connectivity index (χ0) is 23.5. The predicted molar refractivity (Wildman–Crippen MR) is 125 cm³/mol. The molecule has 32 heavy (non-hydrogen) atoms. The number of para-hydroxylation sites is 1. The van der Waals surface area contributed by atoms with Crippen LogP contribution in [-0.4, -0.2) is 54.0 Å². The molecule has 3 aromatic rings. The number of anilines is 4. The summed E-state index contributed by atoms with van der Waals surface area (Å²) in [5.74, 6) is 0.978. The van der Waals surface area contributed by atoms with Crippen molar-refractivity contribution in [2.45, 2.75) is 24.0 Å². The van der Waals surface area contributed by atoms with Crippen LogP contribution in [0.3, 0.4) is 0 Å². The summed E-state index contributed by atoms with van der Waals surface area (Å²) < 4.78 is 42.9. The minimum Gasteiger partial charge on any atom is -0.478 e. The molecule has 0 unspecified atom stereocenters. The molecule has 3 rings (SSSR count). The largest absolute Gasteiger partial charge is 0.478 e. The molecule has 0 bridgehead atoms. The molecule has 10 nitrogen and oxygen atoms in total. The monoisotopic (exact) mass is 476 g/mol. The quantitative estimate of drug-likeness (QED) is 0.466. The number of sulfone groups is 1. The van der Waals surface area contributed by atoms with Gasteiger partial charge in [0.1, 0.15) is 18.4 Å². The van der Waals surface area contributed by atoms with Crippen LogP contribution in [0.2, 0.25) is 0 Å². The molecule has 0 atom stereocenters. The summed E-state index contributed by atoms with van der Waals surface area (Å²) in [6.45, 7) is 6.46. The van der Waals surface area contributed by atoms with E-state index in [-0.39, 0.29) is 22.5 Å². The number of hydrogen-bond acceptors (Lipinski definition) is 10. The number of hydrogen-bond donors (Lipinski definition) is 2. The Bertz CT molecular complexity index is 1280. The Balaban J connectivity index is 1.89. The maximum Gasteiger partial charge on any atom is 0.258 e. The minimum absolute atomic E-state index is 0.154. The summed E-state index contributed by atoms with van der Waals surface area (Å²) in [7, 11) is -4.66. The Morgan fingerprint density at radius 3 is 2.41 bits per heavy atom. The maximum atomic E-state index is 12.7.